The molecule has 0 bridgehead atoms. The highest BCUT2D eigenvalue weighted by atomic mass is 16.6. The summed E-state index contributed by atoms with van der Waals surface area (Å²) in [5, 5.41) is 0. The molecule has 6 nitrogen and oxygen atoms in total. The molecular formula is C70H128O6. The Hall–Kier alpha value is -2.63. The maximum atomic E-state index is 12.9. The SMILES string of the molecule is CC/C=C\C/C=C\C/C=C\CCCCCCCCCC(=O)OC(COC(=O)CCCCCCC/C=C\CCCCCCC)COC(=O)CCCCCCCCCCCCCCCCCCCCCCCCCCCCC. The van der Waals surface area contributed by atoms with E-state index in [1.807, 2.05) is 0 Å². The van der Waals surface area contributed by atoms with Crippen molar-refractivity contribution in [3.63, 3.8) is 0 Å². The molecule has 76 heavy (non-hydrogen) atoms. The van der Waals surface area contributed by atoms with Crippen molar-refractivity contribution >= 4 is 17.9 Å². The average molecular weight is 1070 g/mol. The molecule has 0 aromatic heterocycles. The van der Waals surface area contributed by atoms with Gasteiger partial charge in [0.2, 0.25) is 0 Å². The predicted molar refractivity (Wildman–Crippen MR) is 330 cm³/mol. The normalized spacial score (nSPS) is 12.3. The summed E-state index contributed by atoms with van der Waals surface area (Å²) in [4.78, 5) is 38.3. The molecule has 0 aromatic carbocycles. The van der Waals surface area contributed by atoms with Gasteiger partial charge in [0.1, 0.15) is 13.2 Å². The van der Waals surface area contributed by atoms with Gasteiger partial charge in [-0.1, -0.05) is 313 Å². The van der Waals surface area contributed by atoms with Crippen LogP contribution in [0.2, 0.25) is 0 Å². The molecule has 0 aliphatic heterocycles. The molecule has 0 saturated carbocycles. The zero-order chi connectivity index (χ0) is 55.0. The lowest BCUT2D eigenvalue weighted by atomic mass is 10.0. The van der Waals surface area contributed by atoms with Crippen LogP contribution in [0.4, 0.5) is 0 Å². The largest absolute Gasteiger partial charge is 0.462 e. The Morgan fingerprint density at radius 2 is 0.513 bits per heavy atom. The molecule has 0 aliphatic carbocycles. The first kappa shape index (κ1) is 73.4. The molecule has 0 radical (unpaired) electrons. The van der Waals surface area contributed by atoms with E-state index >= 15 is 0 Å². The zero-order valence-electron chi connectivity index (χ0n) is 51.0. The van der Waals surface area contributed by atoms with E-state index in [1.165, 1.54) is 231 Å². The minimum atomic E-state index is -0.781. The summed E-state index contributed by atoms with van der Waals surface area (Å²) in [6.07, 6.45) is 81.4. The van der Waals surface area contributed by atoms with Gasteiger partial charge in [0.05, 0.1) is 0 Å². The van der Waals surface area contributed by atoms with Gasteiger partial charge in [-0.15, -0.1) is 0 Å². The van der Waals surface area contributed by atoms with Crippen molar-refractivity contribution in [2.45, 2.75) is 367 Å². The van der Waals surface area contributed by atoms with Crippen LogP contribution in [0, 0.1) is 0 Å². The van der Waals surface area contributed by atoms with Crippen LogP contribution < -0.4 is 0 Å². The first-order valence-corrected chi connectivity index (χ1v) is 33.6. The second-order valence-electron chi connectivity index (χ2n) is 22.7. The van der Waals surface area contributed by atoms with Crippen molar-refractivity contribution in [3.05, 3.63) is 48.6 Å². The Kier molecular flexibility index (Phi) is 62.6. The van der Waals surface area contributed by atoms with Crippen molar-refractivity contribution in [2.24, 2.45) is 0 Å². The van der Waals surface area contributed by atoms with Crippen LogP contribution in [-0.2, 0) is 28.6 Å². The molecule has 0 heterocycles. The topological polar surface area (TPSA) is 78.9 Å². The van der Waals surface area contributed by atoms with Crippen molar-refractivity contribution < 1.29 is 28.6 Å². The van der Waals surface area contributed by atoms with Gasteiger partial charge in [0.25, 0.3) is 0 Å². The molecule has 444 valence electrons. The summed E-state index contributed by atoms with van der Waals surface area (Å²) in [6, 6.07) is 0. The lowest BCUT2D eigenvalue weighted by molar-refractivity contribution is -0.167. The highest BCUT2D eigenvalue weighted by Gasteiger charge is 2.19. The number of rotatable bonds is 62. The Morgan fingerprint density at radius 3 is 0.816 bits per heavy atom. The minimum absolute atomic E-state index is 0.0762. The van der Waals surface area contributed by atoms with Crippen LogP contribution in [0.15, 0.2) is 48.6 Å². The Bertz CT molecular complexity index is 1310. The molecule has 1 unspecified atom stereocenters. The standard InChI is InChI=1S/C70H128O6/c1-4-7-10-13-16-19-22-25-28-30-31-32-33-34-35-36-37-38-39-41-42-45-48-51-54-57-60-63-69(72)75-66-67(65-74-68(71)62-59-56-53-50-47-44-27-24-21-18-15-12-9-6-3)76-70(73)64-61-58-55-52-49-46-43-40-29-26-23-20-17-14-11-8-5-2/h8,11,17,20,24,26-27,29,67H,4-7,9-10,12-16,18-19,21-23,25,28,30-66H2,1-3H3/b11-8-,20-17-,27-24-,29-26-. The lowest BCUT2D eigenvalue weighted by Crippen LogP contribution is -2.30. The van der Waals surface area contributed by atoms with Crippen molar-refractivity contribution in [1.29, 1.82) is 0 Å². The van der Waals surface area contributed by atoms with E-state index in [9.17, 15) is 14.4 Å². The van der Waals surface area contributed by atoms with E-state index in [2.05, 4.69) is 69.4 Å². The van der Waals surface area contributed by atoms with E-state index in [-0.39, 0.29) is 31.1 Å². The van der Waals surface area contributed by atoms with Crippen molar-refractivity contribution in [3.8, 4) is 0 Å². The zero-order valence-corrected chi connectivity index (χ0v) is 51.0. The predicted octanol–water partition coefficient (Wildman–Crippen LogP) is 22.9. The maximum absolute atomic E-state index is 12.9. The van der Waals surface area contributed by atoms with Crippen LogP contribution in [-0.4, -0.2) is 37.2 Å². The molecule has 1 atom stereocenters. The second-order valence-corrected chi connectivity index (χ2v) is 22.7. The number of hydrogen-bond acceptors (Lipinski definition) is 6. The van der Waals surface area contributed by atoms with Gasteiger partial charge in [0.15, 0.2) is 6.10 Å². The number of carbonyl (C=O) groups is 3. The van der Waals surface area contributed by atoms with Crippen LogP contribution in [0.1, 0.15) is 361 Å². The van der Waals surface area contributed by atoms with Gasteiger partial charge in [0, 0.05) is 19.3 Å². The first-order chi connectivity index (χ1) is 37.5. The quantitative estimate of drug-likeness (QED) is 0.0261. The van der Waals surface area contributed by atoms with Gasteiger partial charge >= 0.3 is 17.9 Å². The van der Waals surface area contributed by atoms with E-state index in [0.29, 0.717) is 19.3 Å². The van der Waals surface area contributed by atoms with Crippen molar-refractivity contribution in [2.75, 3.05) is 13.2 Å². The number of hydrogen-bond donors (Lipinski definition) is 0. The molecule has 0 aliphatic rings. The van der Waals surface area contributed by atoms with Gasteiger partial charge in [-0.2, -0.15) is 0 Å². The summed E-state index contributed by atoms with van der Waals surface area (Å²) in [6.45, 7) is 6.56. The summed E-state index contributed by atoms with van der Waals surface area (Å²) >= 11 is 0. The third-order valence-corrected chi connectivity index (χ3v) is 15.1. The van der Waals surface area contributed by atoms with E-state index in [4.69, 9.17) is 14.2 Å². The van der Waals surface area contributed by atoms with Gasteiger partial charge in [-0.3, -0.25) is 14.4 Å². The Morgan fingerprint density at radius 1 is 0.276 bits per heavy atom. The molecule has 0 rings (SSSR count). The Balaban J connectivity index is 4.22. The van der Waals surface area contributed by atoms with Gasteiger partial charge < -0.3 is 14.2 Å². The summed E-state index contributed by atoms with van der Waals surface area (Å²) in [7, 11) is 0. The molecule has 0 saturated heterocycles. The first-order valence-electron chi connectivity index (χ1n) is 33.6. The fraction of sp³-hybridized carbons (Fsp3) is 0.843. The fourth-order valence-electron chi connectivity index (χ4n) is 10.0. The van der Waals surface area contributed by atoms with Crippen LogP contribution >= 0.6 is 0 Å². The van der Waals surface area contributed by atoms with E-state index < -0.39 is 6.10 Å². The van der Waals surface area contributed by atoms with Gasteiger partial charge in [-0.05, 0) is 77.0 Å². The van der Waals surface area contributed by atoms with Crippen LogP contribution in [0.25, 0.3) is 0 Å². The van der Waals surface area contributed by atoms with E-state index in [1.54, 1.807) is 0 Å². The Labute approximate surface area is 473 Å². The average Bonchev–Trinajstić information content (AvgIpc) is 3.42. The van der Waals surface area contributed by atoms with Crippen LogP contribution in [0.3, 0.4) is 0 Å². The highest BCUT2D eigenvalue weighted by Crippen LogP contribution is 2.18. The molecule has 0 amide bonds. The number of ether oxygens (including phenoxy) is 3. The molecule has 0 spiro atoms. The summed E-state index contributed by atoms with van der Waals surface area (Å²) < 4.78 is 16.9. The summed E-state index contributed by atoms with van der Waals surface area (Å²) in [5.41, 5.74) is 0. The molecule has 0 aromatic rings. The maximum Gasteiger partial charge on any atom is 0.306 e. The molecule has 0 N–H and O–H groups in total. The number of allylic oxidation sites excluding steroid dienone is 8. The number of esters is 3. The number of unbranched alkanes of at least 4 members (excludes halogenated alkanes) is 43. The summed E-state index contributed by atoms with van der Waals surface area (Å²) in [5.74, 6) is -0.873. The second kappa shape index (κ2) is 64.9. The minimum Gasteiger partial charge on any atom is -0.462 e. The molecule has 0 fully saturated rings. The fourth-order valence-corrected chi connectivity index (χ4v) is 10.0. The monoisotopic (exact) mass is 1060 g/mol. The van der Waals surface area contributed by atoms with Crippen molar-refractivity contribution in [1.82, 2.24) is 0 Å². The number of carbonyl (C=O) groups excluding carboxylic acids is 3. The lowest BCUT2D eigenvalue weighted by Gasteiger charge is -2.18. The third-order valence-electron chi connectivity index (χ3n) is 15.1. The third kappa shape index (κ3) is 62.2. The molecule has 6 heteroatoms. The molecular weight excluding hydrogens is 937 g/mol. The highest BCUT2D eigenvalue weighted by molar-refractivity contribution is 5.71. The van der Waals surface area contributed by atoms with Gasteiger partial charge in [-0.25, -0.2) is 0 Å². The smallest absolute Gasteiger partial charge is 0.306 e. The van der Waals surface area contributed by atoms with E-state index in [0.717, 1.165) is 89.9 Å². The van der Waals surface area contributed by atoms with Crippen LogP contribution in [0.5, 0.6) is 0 Å².